The van der Waals surface area contributed by atoms with Crippen molar-refractivity contribution >= 4 is 11.0 Å². The number of hydrogen-bond acceptors (Lipinski definition) is 3. The Kier molecular flexibility index (Phi) is 3.40. The van der Waals surface area contributed by atoms with E-state index < -0.39 is 6.10 Å². The van der Waals surface area contributed by atoms with Crippen LogP contribution in [-0.2, 0) is 13.0 Å². The first-order valence-electron chi connectivity index (χ1n) is 5.75. The van der Waals surface area contributed by atoms with E-state index in [1.165, 1.54) is 0 Å². The van der Waals surface area contributed by atoms with E-state index in [0.717, 1.165) is 23.3 Å². The summed E-state index contributed by atoms with van der Waals surface area (Å²) in [6.07, 6.45) is 0.326. The Labute approximate surface area is 100 Å². The number of aromatic nitrogens is 2. The third kappa shape index (κ3) is 2.29. The first-order valence-corrected chi connectivity index (χ1v) is 5.75. The van der Waals surface area contributed by atoms with Gasteiger partial charge in [-0.15, -0.1) is 0 Å². The predicted molar refractivity (Wildman–Crippen MR) is 65.3 cm³/mol. The lowest BCUT2D eigenvalue weighted by molar-refractivity contribution is 0.159. The molecule has 0 aliphatic carbocycles. The molecule has 17 heavy (non-hydrogen) atoms. The van der Waals surface area contributed by atoms with Crippen LogP contribution in [0.1, 0.15) is 19.2 Å². The average molecular weight is 229 g/mol. The number of imidazole rings is 1. The van der Waals surface area contributed by atoms with Gasteiger partial charge in [0.2, 0.25) is 0 Å². The Morgan fingerprint density at radius 3 is 2.94 bits per heavy atom. The van der Waals surface area contributed by atoms with Crippen LogP contribution in [-0.4, -0.2) is 20.8 Å². The van der Waals surface area contributed by atoms with Crippen molar-refractivity contribution in [2.24, 2.45) is 0 Å². The Bertz CT molecular complexity index is 553. The van der Waals surface area contributed by atoms with Crippen molar-refractivity contribution in [2.45, 2.75) is 32.4 Å². The van der Waals surface area contributed by atoms with Gasteiger partial charge in [0.25, 0.3) is 0 Å². The maximum Gasteiger partial charge on any atom is 0.109 e. The third-order valence-corrected chi connectivity index (χ3v) is 2.77. The molecule has 2 aromatic rings. The lowest BCUT2D eigenvalue weighted by atomic mass is 10.2. The van der Waals surface area contributed by atoms with Crippen LogP contribution in [0.15, 0.2) is 24.3 Å². The largest absolute Gasteiger partial charge is 0.390 e. The van der Waals surface area contributed by atoms with Crippen molar-refractivity contribution in [2.75, 3.05) is 0 Å². The minimum absolute atomic E-state index is 0.148. The second-order valence-electron chi connectivity index (χ2n) is 4.00. The molecular weight excluding hydrogens is 214 g/mol. The van der Waals surface area contributed by atoms with Crippen molar-refractivity contribution in [1.29, 1.82) is 5.26 Å². The number of nitrogens with zero attached hydrogens (tertiary/aromatic N) is 3. The van der Waals surface area contributed by atoms with Crippen molar-refractivity contribution in [3.63, 3.8) is 0 Å². The number of aliphatic hydroxyl groups excluding tert-OH is 1. The van der Waals surface area contributed by atoms with Crippen LogP contribution >= 0.6 is 0 Å². The fourth-order valence-corrected chi connectivity index (χ4v) is 1.98. The van der Waals surface area contributed by atoms with Crippen LogP contribution < -0.4 is 0 Å². The number of benzene rings is 1. The summed E-state index contributed by atoms with van der Waals surface area (Å²) in [6, 6.07) is 9.83. The van der Waals surface area contributed by atoms with E-state index in [9.17, 15) is 5.11 Å². The van der Waals surface area contributed by atoms with Gasteiger partial charge >= 0.3 is 0 Å². The topological polar surface area (TPSA) is 61.8 Å². The lowest BCUT2D eigenvalue weighted by Gasteiger charge is -2.11. The quantitative estimate of drug-likeness (QED) is 0.870. The molecule has 0 fully saturated rings. The summed E-state index contributed by atoms with van der Waals surface area (Å²) < 4.78 is 2.00. The molecule has 0 amide bonds. The van der Waals surface area contributed by atoms with Crippen LogP contribution in [0.3, 0.4) is 0 Å². The van der Waals surface area contributed by atoms with Crippen molar-refractivity contribution in [3.05, 3.63) is 30.1 Å². The van der Waals surface area contributed by atoms with E-state index in [0.29, 0.717) is 6.54 Å². The van der Waals surface area contributed by atoms with Crippen molar-refractivity contribution < 1.29 is 5.11 Å². The summed E-state index contributed by atoms with van der Waals surface area (Å²) in [7, 11) is 0. The highest BCUT2D eigenvalue weighted by Gasteiger charge is 2.12. The number of fused-ring (bicyclic) bond motifs is 1. The fraction of sp³-hybridized carbons (Fsp3) is 0.385. The Hall–Kier alpha value is -1.86. The first-order chi connectivity index (χ1) is 8.26. The van der Waals surface area contributed by atoms with Crippen molar-refractivity contribution in [1.82, 2.24) is 9.55 Å². The van der Waals surface area contributed by atoms with Crippen LogP contribution in [0.5, 0.6) is 0 Å². The van der Waals surface area contributed by atoms with Crippen LogP contribution in [0, 0.1) is 11.3 Å². The minimum atomic E-state index is -0.636. The lowest BCUT2D eigenvalue weighted by Crippen LogP contribution is -2.17. The van der Waals surface area contributed by atoms with Gasteiger partial charge in [0, 0.05) is 6.42 Å². The highest BCUT2D eigenvalue weighted by atomic mass is 16.3. The highest BCUT2D eigenvalue weighted by molar-refractivity contribution is 5.75. The SMILES string of the molecule is CCc1nc2ccccc2n1CC(O)CC#N. The average Bonchev–Trinajstić information content (AvgIpc) is 2.68. The number of aliphatic hydroxyl groups is 1. The van der Waals surface area contributed by atoms with Crippen LogP contribution in [0.25, 0.3) is 11.0 Å². The first kappa shape index (κ1) is 11.6. The summed E-state index contributed by atoms with van der Waals surface area (Å²) >= 11 is 0. The van der Waals surface area contributed by atoms with E-state index in [2.05, 4.69) is 4.98 Å². The number of rotatable bonds is 4. The molecule has 0 bridgehead atoms. The molecule has 4 nitrogen and oxygen atoms in total. The zero-order valence-corrected chi connectivity index (χ0v) is 9.80. The molecular formula is C13H15N3O. The van der Waals surface area contributed by atoms with Gasteiger partial charge in [-0.3, -0.25) is 0 Å². The van der Waals surface area contributed by atoms with E-state index >= 15 is 0 Å². The second kappa shape index (κ2) is 4.98. The number of aryl methyl sites for hydroxylation is 1. The molecule has 1 N–H and O–H groups in total. The molecule has 0 aliphatic rings. The molecule has 4 heteroatoms. The summed E-state index contributed by atoms with van der Waals surface area (Å²) in [5, 5.41) is 18.3. The Morgan fingerprint density at radius 1 is 1.47 bits per heavy atom. The van der Waals surface area contributed by atoms with E-state index in [4.69, 9.17) is 5.26 Å². The second-order valence-corrected chi connectivity index (χ2v) is 4.00. The monoisotopic (exact) mass is 229 g/mol. The van der Waals surface area contributed by atoms with Gasteiger partial charge in [0.05, 0.1) is 36.2 Å². The zero-order chi connectivity index (χ0) is 12.3. The van der Waals surface area contributed by atoms with Crippen LogP contribution in [0.2, 0.25) is 0 Å². The van der Waals surface area contributed by atoms with Crippen molar-refractivity contribution in [3.8, 4) is 6.07 Å². The summed E-state index contributed by atoms with van der Waals surface area (Å²) in [4.78, 5) is 4.51. The molecule has 0 saturated carbocycles. The van der Waals surface area contributed by atoms with Gasteiger partial charge in [-0.1, -0.05) is 19.1 Å². The van der Waals surface area contributed by atoms with Gasteiger partial charge in [-0.25, -0.2) is 4.98 Å². The molecule has 1 unspecified atom stereocenters. The number of hydrogen-bond donors (Lipinski definition) is 1. The Balaban J connectivity index is 2.40. The third-order valence-electron chi connectivity index (χ3n) is 2.77. The number of para-hydroxylation sites is 2. The predicted octanol–water partition coefficient (Wildman–Crippen LogP) is 1.87. The maximum atomic E-state index is 9.73. The molecule has 88 valence electrons. The molecule has 1 atom stereocenters. The summed E-state index contributed by atoms with van der Waals surface area (Å²) in [5.41, 5.74) is 1.95. The maximum absolute atomic E-state index is 9.73. The highest BCUT2D eigenvalue weighted by Crippen LogP contribution is 2.17. The standard InChI is InChI=1S/C13H15N3O/c1-2-13-15-11-5-3-4-6-12(11)16(13)9-10(17)7-8-14/h3-6,10,17H,2,7,9H2,1H3. The van der Waals surface area contributed by atoms with E-state index in [-0.39, 0.29) is 6.42 Å². The van der Waals surface area contributed by atoms with Gasteiger partial charge in [-0.2, -0.15) is 5.26 Å². The molecule has 1 aromatic heterocycles. The summed E-state index contributed by atoms with van der Waals surface area (Å²) in [6.45, 7) is 2.46. The molecule has 1 aromatic carbocycles. The summed E-state index contributed by atoms with van der Waals surface area (Å²) in [5.74, 6) is 0.947. The molecule has 0 radical (unpaired) electrons. The number of nitriles is 1. The zero-order valence-electron chi connectivity index (χ0n) is 9.80. The molecule has 2 rings (SSSR count). The smallest absolute Gasteiger partial charge is 0.109 e. The molecule has 0 aliphatic heterocycles. The van der Waals surface area contributed by atoms with Gasteiger partial charge in [0.15, 0.2) is 0 Å². The Morgan fingerprint density at radius 2 is 2.24 bits per heavy atom. The molecule has 0 spiro atoms. The molecule has 0 saturated heterocycles. The van der Waals surface area contributed by atoms with E-state index in [1.54, 1.807) is 0 Å². The van der Waals surface area contributed by atoms with Gasteiger partial charge in [-0.05, 0) is 12.1 Å². The van der Waals surface area contributed by atoms with Crippen LogP contribution in [0.4, 0.5) is 0 Å². The van der Waals surface area contributed by atoms with E-state index in [1.807, 2.05) is 41.8 Å². The van der Waals surface area contributed by atoms with Gasteiger partial charge in [0.1, 0.15) is 5.82 Å². The van der Waals surface area contributed by atoms with Gasteiger partial charge < -0.3 is 9.67 Å². The minimum Gasteiger partial charge on any atom is -0.390 e. The normalized spacial score (nSPS) is 12.5. The fourth-order valence-electron chi connectivity index (χ4n) is 1.98. The molecule has 1 heterocycles.